The molecule has 0 N–H and O–H groups in total. The summed E-state index contributed by atoms with van der Waals surface area (Å²) in [5.41, 5.74) is 2.49. The van der Waals surface area contributed by atoms with Gasteiger partial charge in [-0.1, -0.05) is 60.7 Å². The van der Waals surface area contributed by atoms with Crippen molar-refractivity contribution in [1.29, 1.82) is 0 Å². The molecule has 4 nitrogen and oxygen atoms in total. The minimum atomic E-state index is 0.382. The summed E-state index contributed by atoms with van der Waals surface area (Å²) in [5.74, 6) is 1.50. The fraction of sp³-hybridized carbons (Fsp3) is 0.136. The fourth-order valence-electron chi connectivity index (χ4n) is 2.52. The molecule has 26 heavy (non-hydrogen) atoms. The van der Waals surface area contributed by atoms with Crippen LogP contribution < -0.4 is 14.2 Å². The Kier molecular flexibility index (Phi) is 5.88. The summed E-state index contributed by atoms with van der Waals surface area (Å²) in [6.07, 6.45) is 0.745. The molecule has 0 atom stereocenters. The molecule has 0 amide bonds. The van der Waals surface area contributed by atoms with Crippen molar-refractivity contribution < 1.29 is 19.0 Å². The molecule has 0 unspecified atom stereocenters. The summed E-state index contributed by atoms with van der Waals surface area (Å²) >= 11 is 0. The van der Waals surface area contributed by atoms with Gasteiger partial charge in [-0.15, -0.1) is 0 Å². The second kappa shape index (κ2) is 8.72. The van der Waals surface area contributed by atoms with Crippen molar-refractivity contribution >= 4 is 6.29 Å². The molecule has 0 radical (unpaired) electrons. The number of carbonyl (C=O) groups is 1. The zero-order valence-electron chi connectivity index (χ0n) is 14.6. The van der Waals surface area contributed by atoms with E-state index < -0.39 is 0 Å². The van der Waals surface area contributed by atoms with Gasteiger partial charge in [-0.2, -0.15) is 0 Å². The number of methoxy groups -OCH3 is 1. The highest BCUT2D eigenvalue weighted by molar-refractivity contribution is 5.81. The van der Waals surface area contributed by atoms with Crippen LogP contribution in [0.4, 0.5) is 0 Å². The average Bonchev–Trinajstić information content (AvgIpc) is 2.72. The van der Waals surface area contributed by atoms with Crippen LogP contribution in [0.15, 0.2) is 72.8 Å². The lowest BCUT2D eigenvalue weighted by molar-refractivity contribution is 0.112. The number of aldehydes is 1. The lowest BCUT2D eigenvalue weighted by Gasteiger charge is -2.15. The molecule has 0 aliphatic carbocycles. The molecule has 0 aliphatic heterocycles. The summed E-state index contributed by atoms with van der Waals surface area (Å²) < 4.78 is 17.1. The second-order valence-electron chi connectivity index (χ2n) is 5.71. The van der Waals surface area contributed by atoms with Gasteiger partial charge in [0.25, 0.3) is 0 Å². The first-order valence-electron chi connectivity index (χ1n) is 8.31. The summed E-state index contributed by atoms with van der Waals surface area (Å²) in [7, 11) is 1.52. The Labute approximate surface area is 153 Å². The lowest BCUT2D eigenvalue weighted by atomic mass is 10.2. The topological polar surface area (TPSA) is 44.8 Å². The Hall–Kier alpha value is -3.27. The Morgan fingerprint density at radius 2 is 1.23 bits per heavy atom. The Morgan fingerprint density at radius 1 is 0.731 bits per heavy atom. The van der Waals surface area contributed by atoms with Crippen molar-refractivity contribution in [3.05, 3.63) is 89.5 Å². The molecule has 0 spiro atoms. The highest BCUT2D eigenvalue weighted by Gasteiger charge is 2.13. The molecular weight excluding hydrogens is 328 g/mol. The van der Waals surface area contributed by atoms with Gasteiger partial charge in [-0.3, -0.25) is 4.79 Å². The number of carbonyl (C=O) groups excluding carboxylic acids is 1. The highest BCUT2D eigenvalue weighted by atomic mass is 16.5. The van der Waals surface area contributed by atoms with Gasteiger partial charge >= 0.3 is 0 Å². The van der Waals surface area contributed by atoms with Crippen LogP contribution in [-0.2, 0) is 13.2 Å². The molecule has 0 saturated carbocycles. The van der Waals surface area contributed by atoms with Crippen LogP contribution in [-0.4, -0.2) is 13.4 Å². The zero-order chi connectivity index (χ0) is 18.2. The maximum Gasteiger partial charge on any atom is 0.165 e. The smallest absolute Gasteiger partial charge is 0.165 e. The van der Waals surface area contributed by atoms with Crippen LogP contribution in [0.3, 0.4) is 0 Å². The largest absolute Gasteiger partial charge is 0.496 e. The summed E-state index contributed by atoms with van der Waals surface area (Å²) in [5, 5.41) is 0. The molecule has 0 aromatic heterocycles. The Bertz CT molecular complexity index is 845. The van der Waals surface area contributed by atoms with Gasteiger partial charge in [-0.25, -0.2) is 0 Å². The molecular formula is C22H20O4. The van der Waals surface area contributed by atoms with Crippen molar-refractivity contribution in [2.24, 2.45) is 0 Å². The van der Waals surface area contributed by atoms with Crippen molar-refractivity contribution in [2.45, 2.75) is 13.2 Å². The number of ether oxygens (including phenoxy) is 3. The molecule has 3 aromatic rings. The molecule has 0 heterocycles. The number of hydrogen-bond donors (Lipinski definition) is 0. The summed E-state index contributed by atoms with van der Waals surface area (Å²) in [6.45, 7) is 0.777. The molecule has 0 fully saturated rings. The van der Waals surface area contributed by atoms with E-state index in [1.54, 1.807) is 12.1 Å². The molecule has 4 heteroatoms. The standard InChI is InChI=1S/C22H20O4/c1-24-20-13-22(26-16-18-10-6-3-7-11-18)21(12-19(20)14-23)25-15-17-8-4-2-5-9-17/h2-14H,15-16H2,1H3. The van der Waals surface area contributed by atoms with Crippen molar-refractivity contribution in [2.75, 3.05) is 7.11 Å². The number of rotatable bonds is 8. The van der Waals surface area contributed by atoms with Crippen molar-refractivity contribution in [3.8, 4) is 17.2 Å². The van der Waals surface area contributed by atoms with E-state index in [1.165, 1.54) is 7.11 Å². The molecule has 0 saturated heterocycles. The molecule has 0 aliphatic rings. The quantitative estimate of drug-likeness (QED) is 0.555. The fourth-order valence-corrected chi connectivity index (χ4v) is 2.52. The predicted octanol–water partition coefficient (Wildman–Crippen LogP) is 4.67. The minimum Gasteiger partial charge on any atom is -0.496 e. The third-order valence-electron chi connectivity index (χ3n) is 3.90. The van der Waals surface area contributed by atoms with Crippen LogP contribution in [0.2, 0.25) is 0 Å². The molecule has 132 valence electrons. The zero-order valence-corrected chi connectivity index (χ0v) is 14.6. The predicted molar refractivity (Wildman–Crippen MR) is 99.9 cm³/mol. The van der Waals surface area contributed by atoms with Crippen molar-refractivity contribution in [3.63, 3.8) is 0 Å². The van der Waals surface area contributed by atoms with Crippen LogP contribution in [0, 0.1) is 0 Å². The third kappa shape index (κ3) is 4.42. The monoisotopic (exact) mass is 348 g/mol. The van der Waals surface area contributed by atoms with E-state index >= 15 is 0 Å². The lowest BCUT2D eigenvalue weighted by Crippen LogP contribution is -2.02. The van der Waals surface area contributed by atoms with E-state index in [4.69, 9.17) is 14.2 Å². The van der Waals surface area contributed by atoms with Crippen LogP contribution >= 0.6 is 0 Å². The maximum absolute atomic E-state index is 11.3. The summed E-state index contributed by atoms with van der Waals surface area (Å²) in [4.78, 5) is 11.3. The van der Waals surface area contributed by atoms with Crippen LogP contribution in [0.5, 0.6) is 17.2 Å². The van der Waals surface area contributed by atoms with Gasteiger partial charge in [0, 0.05) is 6.07 Å². The average molecular weight is 348 g/mol. The second-order valence-corrected chi connectivity index (χ2v) is 5.71. The van der Waals surface area contributed by atoms with E-state index in [0.29, 0.717) is 36.0 Å². The highest BCUT2D eigenvalue weighted by Crippen LogP contribution is 2.35. The first kappa shape index (κ1) is 17.5. The SMILES string of the molecule is COc1cc(OCc2ccccc2)c(OCc2ccccc2)cc1C=O. The Balaban J connectivity index is 1.83. The summed E-state index contributed by atoms with van der Waals surface area (Å²) in [6, 6.07) is 23.0. The van der Waals surface area contributed by atoms with Crippen molar-refractivity contribution in [1.82, 2.24) is 0 Å². The van der Waals surface area contributed by atoms with Gasteiger partial charge in [0.15, 0.2) is 17.8 Å². The number of benzene rings is 3. The molecule has 3 rings (SSSR count). The normalized spacial score (nSPS) is 10.2. The van der Waals surface area contributed by atoms with E-state index in [1.807, 2.05) is 60.7 Å². The minimum absolute atomic E-state index is 0.382. The first-order chi connectivity index (χ1) is 12.8. The first-order valence-corrected chi connectivity index (χ1v) is 8.31. The maximum atomic E-state index is 11.3. The van der Waals surface area contributed by atoms with Crippen LogP contribution in [0.1, 0.15) is 21.5 Å². The number of hydrogen-bond acceptors (Lipinski definition) is 4. The van der Waals surface area contributed by atoms with E-state index in [0.717, 1.165) is 17.4 Å². The third-order valence-corrected chi connectivity index (χ3v) is 3.90. The van der Waals surface area contributed by atoms with Gasteiger partial charge in [-0.05, 0) is 17.2 Å². The van der Waals surface area contributed by atoms with Gasteiger partial charge in [0.2, 0.25) is 0 Å². The van der Waals surface area contributed by atoms with Gasteiger partial charge in [0.05, 0.1) is 12.7 Å². The van der Waals surface area contributed by atoms with Crippen LogP contribution in [0.25, 0.3) is 0 Å². The van der Waals surface area contributed by atoms with Gasteiger partial charge in [0.1, 0.15) is 19.0 Å². The van der Waals surface area contributed by atoms with E-state index in [2.05, 4.69) is 0 Å². The van der Waals surface area contributed by atoms with E-state index in [-0.39, 0.29) is 0 Å². The molecule has 3 aromatic carbocycles. The Morgan fingerprint density at radius 3 is 1.69 bits per heavy atom. The van der Waals surface area contributed by atoms with Gasteiger partial charge < -0.3 is 14.2 Å². The van der Waals surface area contributed by atoms with E-state index in [9.17, 15) is 4.79 Å². The molecule has 0 bridgehead atoms.